The van der Waals surface area contributed by atoms with Crippen molar-refractivity contribution in [2.45, 2.75) is 96.3 Å². The lowest BCUT2D eigenvalue weighted by Gasteiger charge is -2.48. The van der Waals surface area contributed by atoms with Crippen LogP contribution in [0.1, 0.15) is 78.6 Å². The van der Waals surface area contributed by atoms with Crippen LogP contribution in [0.3, 0.4) is 0 Å². The van der Waals surface area contributed by atoms with Crippen molar-refractivity contribution in [2.75, 3.05) is 6.54 Å². The lowest BCUT2D eigenvalue weighted by molar-refractivity contribution is -0.116. The van der Waals surface area contributed by atoms with Crippen LogP contribution in [0.4, 0.5) is 0 Å². The predicted octanol–water partition coefficient (Wildman–Crippen LogP) is 4.96. The lowest BCUT2D eigenvalue weighted by Crippen LogP contribution is -2.47. The molecule has 0 aromatic carbocycles. The summed E-state index contributed by atoms with van der Waals surface area (Å²) >= 11 is 0. The molecule has 2 saturated carbocycles. The van der Waals surface area contributed by atoms with Crippen molar-refractivity contribution in [2.24, 2.45) is 29.1 Å². The van der Waals surface area contributed by atoms with E-state index < -0.39 is 0 Å². The van der Waals surface area contributed by atoms with E-state index in [0.29, 0.717) is 23.8 Å². The number of hydrogen-bond acceptors (Lipinski definition) is 3. The van der Waals surface area contributed by atoms with Gasteiger partial charge >= 0.3 is 0 Å². The maximum atomic E-state index is 12.1. The summed E-state index contributed by atoms with van der Waals surface area (Å²) in [5.74, 6) is 3.27. The Balaban J connectivity index is 1.37. The van der Waals surface area contributed by atoms with E-state index in [1.807, 2.05) is 6.08 Å². The van der Waals surface area contributed by atoms with Gasteiger partial charge in [-0.25, -0.2) is 0 Å². The number of hydrogen-bond donors (Lipinski definition) is 1. The van der Waals surface area contributed by atoms with Crippen LogP contribution in [0, 0.1) is 29.1 Å². The van der Waals surface area contributed by atoms with Crippen LogP contribution in [-0.4, -0.2) is 30.1 Å². The molecule has 158 valence electrons. The number of carbonyl (C=O) groups is 1. The molecule has 2 heterocycles. The molecular weight excluding hydrogens is 358 g/mol. The Bertz CT molecular complexity index is 812. The molecule has 1 N–H and O–H groups in total. The molecule has 0 aromatic rings. The summed E-state index contributed by atoms with van der Waals surface area (Å²) in [5.41, 5.74) is 5.08. The van der Waals surface area contributed by atoms with Gasteiger partial charge in [-0.2, -0.15) is 0 Å². The molecule has 0 amide bonds. The first-order chi connectivity index (χ1) is 13.9. The molecule has 8 atom stereocenters. The smallest absolute Gasteiger partial charge is 0.155 e. The Hall–Kier alpha value is -0.930. The van der Waals surface area contributed by atoms with Gasteiger partial charge in [0.25, 0.3) is 0 Å². The highest BCUT2D eigenvalue weighted by molar-refractivity contribution is 5.91. The van der Waals surface area contributed by atoms with E-state index >= 15 is 0 Å². The Morgan fingerprint density at radius 3 is 2.86 bits per heavy atom. The minimum absolute atomic E-state index is 0.0197. The van der Waals surface area contributed by atoms with Gasteiger partial charge in [0, 0.05) is 18.4 Å². The second-order valence-electron chi connectivity index (χ2n) is 11.3. The van der Waals surface area contributed by atoms with Gasteiger partial charge in [0.1, 0.15) is 0 Å². The van der Waals surface area contributed by atoms with Gasteiger partial charge in [0.15, 0.2) is 5.78 Å². The van der Waals surface area contributed by atoms with Gasteiger partial charge in [0.05, 0.1) is 11.7 Å². The van der Waals surface area contributed by atoms with Gasteiger partial charge in [0.2, 0.25) is 0 Å². The van der Waals surface area contributed by atoms with Crippen LogP contribution in [0.5, 0.6) is 0 Å². The maximum Gasteiger partial charge on any atom is 0.155 e. The molecule has 4 fully saturated rings. The Morgan fingerprint density at radius 1 is 1.17 bits per heavy atom. The Morgan fingerprint density at radius 2 is 2.03 bits per heavy atom. The van der Waals surface area contributed by atoms with E-state index in [2.05, 4.69) is 26.1 Å². The number of allylic oxidation sites excluding steroid dienone is 3. The standard InChI is InChI=1S/C26H37NO2/c1-15-21-14-22-20(7-6-17-13-18(28)8-10-25(17,22)3)19(21)9-11-26(15)16(2)24-23(29-26)5-4-12-27-24/h13,16,19-20,22-24,27H,4-12,14H2,1-3H3/t16-,19+,20+,22+,23-,24+,25+,26+/m1/s1. The van der Waals surface area contributed by atoms with E-state index in [-0.39, 0.29) is 11.0 Å². The lowest BCUT2D eigenvalue weighted by atomic mass is 9.56. The van der Waals surface area contributed by atoms with Crippen molar-refractivity contribution < 1.29 is 9.53 Å². The van der Waals surface area contributed by atoms with E-state index in [0.717, 1.165) is 43.6 Å². The SMILES string of the molecule is CC1=C2C[C@H]3[C@@H](CCC4=CC(=O)CC[C@@]43C)[C@@H]2CC[C@]12O[C@@H]1CCCN[C@H]1[C@H]2C. The van der Waals surface area contributed by atoms with Crippen LogP contribution < -0.4 is 5.32 Å². The summed E-state index contributed by atoms with van der Waals surface area (Å²) in [4.78, 5) is 12.1. The highest BCUT2D eigenvalue weighted by atomic mass is 16.5. The number of ether oxygens (including phenoxy) is 1. The minimum Gasteiger partial charge on any atom is -0.365 e. The quantitative estimate of drug-likeness (QED) is 0.589. The van der Waals surface area contributed by atoms with Crippen molar-refractivity contribution >= 4 is 5.78 Å². The number of carbonyl (C=O) groups excluding carboxylic acids is 1. The molecule has 0 radical (unpaired) electrons. The largest absolute Gasteiger partial charge is 0.365 e. The molecule has 2 aliphatic heterocycles. The minimum atomic E-state index is -0.0197. The first kappa shape index (κ1) is 18.8. The average Bonchev–Trinajstić information content (AvgIpc) is 3.24. The molecule has 1 spiro atoms. The summed E-state index contributed by atoms with van der Waals surface area (Å²) in [6.45, 7) is 8.51. The number of fused-ring (bicyclic) bond motifs is 6. The van der Waals surface area contributed by atoms with Crippen LogP contribution >= 0.6 is 0 Å². The third-order valence-corrected chi connectivity index (χ3v) is 10.5. The number of nitrogens with one attached hydrogen (secondary N) is 1. The summed E-state index contributed by atoms with van der Waals surface area (Å²) in [6.07, 6.45) is 13.0. The monoisotopic (exact) mass is 395 g/mol. The number of ketones is 1. The second-order valence-corrected chi connectivity index (χ2v) is 11.3. The number of rotatable bonds is 0. The maximum absolute atomic E-state index is 12.1. The zero-order valence-electron chi connectivity index (χ0n) is 18.4. The molecular formula is C26H37NO2. The summed E-state index contributed by atoms with van der Waals surface area (Å²) in [5, 5.41) is 3.79. The van der Waals surface area contributed by atoms with E-state index in [1.165, 1.54) is 44.1 Å². The second kappa shape index (κ2) is 6.29. The molecule has 0 aromatic heterocycles. The molecule has 6 aliphatic rings. The topological polar surface area (TPSA) is 38.3 Å². The fraction of sp³-hybridized carbons (Fsp3) is 0.808. The van der Waals surface area contributed by atoms with Crippen LogP contribution in [0.15, 0.2) is 22.8 Å². The van der Waals surface area contributed by atoms with Gasteiger partial charge in [-0.3, -0.25) is 4.79 Å². The molecule has 29 heavy (non-hydrogen) atoms. The van der Waals surface area contributed by atoms with Crippen molar-refractivity contribution in [1.82, 2.24) is 5.32 Å². The van der Waals surface area contributed by atoms with Gasteiger partial charge in [-0.05, 0) is 99.7 Å². The summed E-state index contributed by atoms with van der Waals surface area (Å²) in [7, 11) is 0. The van der Waals surface area contributed by atoms with E-state index in [1.54, 1.807) is 11.1 Å². The van der Waals surface area contributed by atoms with Gasteiger partial charge in [-0.15, -0.1) is 0 Å². The van der Waals surface area contributed by atoms with E-state index in [9.17, 15) is 4.79 Å². The average molecular weight is 396 g/mol. The zero-order chi connectivity index (χ0) is 20.0. The highest BCUT2D eigenvalue weighted by Crippen LogP contribution is 2.65. The third-order valence-electron chi connectivity index (χ3n) is 10.5. The normalized spacial score (nSPS) is 51.4. The first-order valence-electron chi connectivity index (χ1n) is 12.3. The molecule has 4 aliphatic carbocycles. The van der Waals surface area contributed by atoms with Crippen molar-refractivity contribution in [1.29, 1.82) is 0 Å². The summed E-state index contributed by atoms with van der Waals surface area (Å²) < 4.78 is 6.95. The Kier molecular flexibility index (Phi) is 4.08. The zero-order valence-corrected chi connectivity index (χ0v) is 18.4. The molecule has 3 nitrogen and oxygen atoms in total. The van der Waals surface area contributed by atoms with Crippen molar-refractivity contribution in [3.05, 3.63) is 22.8 Å². The number of piperidine rings is 1. The van der Waals surface area contributed by atoms with Crippen LogP contribution in [0.2, 0.25) is 0 Å². The van der Waals surface area contributed by atoms with Crippen LogP contribution in [0.25, 0.3) is 0 Å². The predicted molar refractivity (Wildman–Crippen MR) is 114 cm³/mol. The fourth-order valence-corrected chi connectivity index (χ4v) is 8.80. The summed E-state index contributed by atoms with van der Waals surface area (Å²) in [6, 6.07) is 0.538. The van der Waals surface area contributed by atoms with Gasteiger partial charge < -0.3 is 10.1 Å². The molecule has 6 rings (SSSR count). The van der Waals surface area contributed by atoms with Gasteiger partial charge in [-0.1, -0.05) is 25.0 Å². The third kappa shape index (κ3) is 2.41. The van der Waals surface area contributed by atoms with Crippen LogP contribution in [-0.2, 0) is 9.53 Å². The molecule has 0 unspecified atom stereocenters. The molecule has 0 bridgehead atoms. The van der Waals surface area contributed by atoms with Crippen molar-refractivity contribution in [3.8, 4) is 0 Å². The molecule has 3 heteroatoms. The fourth-order valence-electron chi connectivity index (χ4n) is 8.80. The molecule has 2 saturated heterocycles. The Labute approximate surface area is 175 Å². The van der Waals surface area contributed by atoms with Crippen molar-refractivity contribution in [3.63, 3.8) is 0 Å². The highest BCUT2D eigenvalue weighted by Gasteiger charge is 2.60. The van der Waals surface area contributed by atoms with E-state index in [4.69, 9.17) is 4.74 Å². The first-order valence-corrected chi connectivity index (χ1v) is 12.3.